The molecule has 0 unspecified atom stereocenters. The molecule has 80 valence electrons. The van der Waals surface area contributed by atoms with Crippen LogP contribution in [0.3, 0.4) is 0 Å². The fourth-order valence-electron chi connectivity index (χ4n) is 1.15. The van der Waals surface area contributed by atoms with E-state index in [1.165, 1.54) is 11.9 Å². The molecule has 0 saturated carbocycles. The molecule has 0 saturated heterocycles. The standard InChI is InChI=1S/C12H10N2OS/c15-9-10-4-6-11(7-5-10)16-14-12-3-1-2-8-13-12/h1-9H,(H,13,14). The minimum Gasteiger partial charge on any atom is -0.310 e. The quantitative estimate of drug-likeness (QED) is 0.647. The number of hydrogen-bond donors (Lipinski definition) is 1. The lowest BCUT2D eigenvalue weighted by molar-refractivity contribution is 0.112. The summed E-state index contributed by atoms with van der Waals surface area (Å²) in [5.41, 5.74) is 0.683. The van der Waals surface area contributed by atoms with Gasteiger partial charge in [0.05, 0.1) is 0 Å². The molecule has 1 N–H and O–H groups in total. The number of nitrogens with one attached hydrogen (secondary N) is 1. The Morgan fingerprint density at radius 3 is 2.56 bits per heavy atom. The fourth-order valence-corrected chi connectivity index (χ4v) is 1.76. The van der Waals surface area contributed by atoms with Gasteiger partial charge in [-0.2, -0.15) is 0 Å². The summed E-state index contributed by atoms with van der Waals surface area (Å²) in [6.45, 7) is 0. The van der Waals surface area contributed by atoms with Crippen LogP contribution in [0, 0.1) is 0 Å². The number of aromatic nitrogens is 1. The normalized spacial score (nSPS) is 9.75. The second-order valence-electron chi connectivity index (χ2n) is 3.11. The zero-order chi connectivity index (χ0) is 11.2. The maximum Gasteiger partial charge on any atom is 0.150 e. The Hall–Kier alpha value is -1.81. The van der Waals surface area contributed by atoms with Gasteiger partial charge in [-0.1, -0.05) is 18.2 Å². The number of nitrogens with zero attached hydrogens (tertiary/aromatic N) is 1. The van der Waals surface area contributed by atoms with Crippen LogP contribution in [0.15, 0.2) is 53.6 Å². The summed E-state index contributed by atoms with van der Waals surface area (Å²) in [7, 11) is 0. The van der Waals surface area contributed by atoms with E-state index in [1.54, 1.807) is 18.3 Å². The van der Waals surface area contributed by atoms with Gasteiger partial charge >= 0.3 is 0 Å². The van der Waals surface area contributed by atoms with Crippen LogP contribution < -0.4 is 4.72 Å². The van der Waals surface area contributed by atoms with Crippen molar-refractivity contribution < 1.29 is 4.79 Å². The summed E-state index contributed by atoms with van der Waals surface area (Å²) in [4.78, 5) is 15.6. The predicted molar refractivity (Wildman–Crippen MR) is 65.5 cm³/mol. The fraction of sp³-hybridized carbons (Fsp3) is 0. The highest BCUT2D eigenvalue weighted by Gasteiger charge is 1.95. The number of benzene rings is 1. The third-order valence-corrected chi connectivity index (χ3v) is 2.77. The molecule has 0 aliphatic carbocycles. The maximum absolute atomic E-state index is 10.5. The highest BCUT2D eigenvalue weighted by Crippen LogP contribution is 2.19. The molecule has 1 aromatic carbocycles. The van der Waals surface area contributed by atoms with Crippen molar-refractivity contribution in [2.24, 2.45) is 0 Å². The summed E-state index contributed by atoms with van der Waals surface area (Å²) in [6, 6.07) is 13.0. The molecule has 0 atom stereocenters. The SMILES string of the molecule is O=Cc1ccc(SNc2ccccn2)cc1. The third kappa shape index (κ3) is 2.84. The third-order valence-electron chi connectivity index (χ3n) is 1.95. The molecule has 0 amide bonds. The lowest BCUT2D eigenvalue weighted by atomic mass is 10.2. The molecule has 0 radical (unpaired) electrons. The largest absolute Gasteiger partial charge is 0.310 e. The number of pyridine rings is 1. The molecule has 0 bridgehead atoms. The van der Waals surface area contributed by atoms with Crippen LogP contribution in [0.2, 0.25) is 0 Å². The van der Waals surface area contributed by atoms with Gasteiger partial charge in [0.15, 0.2) is 0 Å². The van der Waals surface area contributed by atoms with Gasteiger partial charge in [0.2, 0.25) is 0 Å². The highest BCUT2D eigenvalue weighted by molar-refractivity contribution is 8.00. The van der Waals surface area contributed by atoms with Gasteiger partial charge in [0, 0.05) is 16.7 Å². The number of carbonyl (C=O) groups excluding carboxylic acids is 1. The van der Waals surface area contributed by atoms with Crippen molar-refractivity contribution in [1.82, 2.24) is 4.98 Å². The first-order valence-electron chi connectivity index (χ1n) is 4.77. The number of hydrogen-bond acceptors (Lipinski definition) is 4. The Bertz CT molecular complexity index is 456. The smallest absolute Gasteiger partial charge is 0.150 e. The van der Waals surface area contributed by atoms with Crippen molar-refractivity contribution in [3.8, 4) is 0 Å². The van der Waals surface area contributed by atoms with E-state index in [2.05, 4.69) is 9.71 Å². The van der Waals surface area contributed by atoms with E-state index in [1.807, 2.05) is 30.3 Å². The van der Waals surface area contributed by atoms with Crippen LogP contribution in [0.5, 0.6) is 0 Å². The van der Waals surface area contributed by atoms with Crippen LogP contribution in [-0.4, -0.2) is 11.3 Å². The van der Waals surface area contributed by atoms with Gasteiger partial charge in [-0.3, -0.25) is 4.79 Å². The van der Waals surface area contributed by atoms with Crippen LogP contribution in [0.4, 0.5) is 5.82 Å². The van der Waals surface area contributed by atoms with Gasteiger partial charge in [0.25, 0.3) is 0 Å². The van der Waals surface area contributed by atoms with E-state index in [4.69, 9.17) is 0 Å². The molecule has 2 rings (SSSR count). The summed E-state index contributed by atoms with van der Waals surface area (Å²) >= 11 is 1.46. The Morgan fingerprint density at radius 2 is 1.94 bits per heavy atom. The first kappa shape index (κ1) is 10.7. The Kier molecular flexibility index (Phi) is 3.56. The Labute approximate surface area is 98.0 Å². The van der Waals surface area contributed by atoms with Gasteiger partial charge in [-0.25, -0.2) is 4.98 Å². The first-order chi connectivity index (χ1) is 7.88. The molecule has 16 heavy (non-hydrogen) atoms. The summed E-state index contributed by atoms with van der Waals surface area (Å²) in [5, 5.41) is 0. The molecule has 0 fully saturated rings. The van der Waals surface area contributed by atoms with Gasteiger partial charge in [-0.15, -0.1) is 0 Å². The van der Waals surface area contributed by atoms with Crippen molar-refractivity contribution in [1.29, 1.82) is 0 Å². The molecular formula is C12H10N2OS. The highest BCUT2D eigenvalue weighted by atomic mass is 32.2. The maximum atomic E-state index is 10.5. The topological polar surface area (TPSA) is 42.0 Å². The van der Waals surface area contributed by atoms with E-state index >= 15 is 0 Å². The second-order valence-corrected chi connectivity index (χ2v) is 3.99. The predicted octanol–water partition coefficient (Wildman–Crippen LogP) is 3.01. The van der Waals surface area contributed by atoms with E-state index in [-0.39, 0.29) is 0 Å². The average Bonchev–Trinajstić information content (AvgIpc) is 2.38. The van der Waals surface area contributed by atoms with Crippen LogP contribution in [-0.2, 0) is 0 Å². The molecule has 2 aromatic rings. The second kappa shape index (κ2) is 5.32. The Balaban J connectivity index is 1.97. The minimum absolute atomic E-state index is 0.683. The first-order valence-corrected chi connectivity index (χ1v) is 5.59. The number of carbonyl (C=O) groups is 1. The van der Waals surface area contributed by atoms with Gasteiger partial charge in [0.1, 0.15) is 12.1 Å². The van der Waals surface area contributed by atoms with Crippen LogP contribution in [0.1, 0.15) is 10.4 Å². The lowest BCUT2D eigenvalue weighted by Gasteiger charge is -2.03. The minimum atomic E-state index is 0.683. The molecule has 4 heteroatoms. The number of anilines is 1. The van der Waals surface area contributed by atoms with Crippen molar-refractivity contribution in [3.63, 3.8) is 0 Å². The van der Waals surface area contributed by atoms with Crippen molar-refractivity contribution in [2.75, 3.05) is 4.72 Å². The number of aldehydes is 1. The van der Waals surface area contributed by atoms with E-state index in [0.29, 0.717) is 5.56 Å². The zero-order valence-electron chi connectivity index (χ0n) is 8.46. The Morgan fingerprint density at radius 1 is 1.12 bits per heavy atom. The lowest BCUT2D eigenvalue weighted by Crippen LogP contribution is -1.89. The van der Waals surface area contributed by atoms with Gasteiger partial charge in [-0.05, 0) is 36.2 Å². The molecule has 0 aliphatic rings. The molecule has 1 aromatic heterocycles. The molecule has 1 heterocycles. The summed E-state index contributed by atoms with van der Waals surface area (Å²) in [6.07, 6.45) is 2.57. The van der Waals surface area contributed by atoms with Crippen LogP contribution in [0.25, 0.3) is 0 Å². The van der Waals surface area contributed by atoms with Crippen molar-refractivity contribution >= 4 is 24.1 Å². The van der Waals surface area contributed by atoms with E-state index in [0.717, 1.165) is 17.0 Å². The van der Waals surface area contributed by atoms with E-state index < -0.39 is 0 Å². The summed E-state index contributed by atoms with van der Waals surface area (Å²) in [5.74, 6) is 0.812. The zero-order valence-corrected chi connectivity index (χ0v) is 9.28. The average molecular weight is 230 g/mol. The molecule has 0 spiro atoms. The van der Waals surface area contributed by atoms with Crippen molar-refractivity contribution in [3.05, 3.63) is 54.2 Å². The van der Waals surface area contributed by atoms with E-state index in [9.17, 15) is 4.79 Å². The summed E-state index contributed by atoms with van der Waals surface area (Å²) < 4.78 is 3.12. The van der Waals surface area contributed by atoms with Crippen LogP contribution >= 0.6 is 11.9 Å². The molecular weight excluding hydrogens is 220 g/mol. The molecule has 0 aliphatic heterocycles. The monoisotopic (exact) mass is 230 g/mol. The number of rotatable bonds is 4. The molecule has 3 nitrogen and oxygen atoms in total. The van der Waals surface area contributed by atoms with Gasteiger partial charge < -0.3 is 4.72 Å². The van der Waals surface area contributed by atoms with Crippen molar-refractivity contribution in [2.45, 2.75) is 4.90 Å².